The van der Waals surface area contributed by atoms with E-state index in [0.717, 1.165) is 13.0 Å². The summed E-state index contributed by atoms with van der Waals surface area (Å²) in [5.41, 5.74) is 0. The second-order valence-electron chi connectivity index (χ2n) is 3.50. The highest BCUT2D eigenvalue weighted by atomic mass is 16.5. The summed E-state index contributed by atoms with van der Waals surface area (Å²) in [6.45, 7) is 3.05. The maximum absolute atomic E-state index is 11.2. The highest BCUT2D eigenvalue weighted by molar-refractivity contribution is 5.72. The van der Waals surface area contributed by atoms with Crippen molar-refractivity contribution in [3.63, 3.8) is 0 Å². The van der Waals surface area contributed by atoms with Gasteiger partial charge in [-0.3, -0.25) is 4.79 Å². The molecular formula is C9H17NO2. The number of methoxy groups -OCH3 is 1. The topological polar surface area (TPSA) is 29.5 Å². The van der Waals surface area contributed by atoms with E-state index in [2.05, 4.69) is 11.9 Å². The zero-order valence-electron chi connectivity index (χ0n) is 8.04. The van der Waals surface area contributed by atoms with E-state index >= 15 is 0 Å². The van der Waals surface area contributed by atoms with Crippen LogP contribution < -0.4 is 0 Å². The molecule has 0 spiro atoms. The summed E-state index contributed by atoms with van der Waals surface area (Å²) in [5.74, 6) is -0.0729. The highest BCUT2D eigenvalue weighted by Crippen LogP contribution is 2.22. The average molecular weight is 171 g/mol. The molecular weight excluding hydrogens is 154 g/mol. The minimum Gasteiger partial charge on any atom is -0.469 e. The van der Waals surface area contributed by atoms with Crippen LogP contribution in [-0.2, 0) is 9.53 Å². The van der Waals surface area contributed by atoms with Crippen LogP contribution in [0.1, 0.15) is 19.8 Å². The highest BCUT2D eigenvalue weighted by Gasteiger charge is 2.31. The number of hydrogen-bond acceptors (Lipinski definition) is 3. The molecule has 0 radical (unpaired) electrons. The Hall–Kier alpha value is -0.570. The van der Waals surface area contributed by atoms with Crippen LogP contribution in [0.3, 0.4) is 0 Å². The van der Waals surface area contributed by atoms with Crippen molar-refractivity contribution < 1.29 is 9.53 Å². The van der Waals surface area contributed by atoms with Gasteiger partial charge in [-0.2, -0.15) is 0 Å². The first-order chi connectivity index (χ1) is 5.66. The fourth-order valence-corrected chi connectivity index (χ4v) is 1.91. The van der Waals surface area contributed by atoms with Gasteiger partial charge in [-0.25, -0.2) is 0 Å². The van der Waals surface area contributed by atoms with E-state index in [1.165, 1.54) is 13.5 Å². The molecule has 0 amide bonds. The summed E-state index contributed by atoms with van der Waals surface area (Å²) in [6, 6.07) is 0.387. The Labute approximate surface area is 73.7 Å². The van der Waals surface area contributed by atoms with Gasteiger partial charge in [0.25, 0.3) is 0 Å². The summed E-state index contributed by atoms with van der Waals surface area (Å²) in [7, 11) is 3.52. The van der Waals surface area contributed by atoms with Crippen LogP contribution in [0.5, 0.6) is 0 Å². The number of esters is 1. The van der Waals surface area contributed by atoms with Crippen LogP contribution in [-0.4, -0.2) is 37.6 Å². The molecule has 1 aliphatic heterocycles. The van der Waals surface area contributed by atoms with E-state index in [4.69, 9.17) is 4.74 Å². The molecule has 1 aliphatic rings. The molecule has 70 valence electrons. The zero-order valence-corrected chi connectivity index (χ0v) is 8.04. The zero-order chi connectivity index (χ0) is 9.14. The van der Waals surface area contributed by atoms with Gasteiger partial charge < -0.3 is 9.64 Å². The van der Waals surface area contributed by atoms with Crippen molar-refractivity contribution in [2.45, 2.75) is 25.8 Å². The van der Waals surface area contributed by atoms with Crippen molar-refractivity contribution in [2.75, 3.05) is 20.7 Å². The summed E-state index contributed by atoms with van der Waals surface area (Å²) >= 11 is 0. The molecule has 0 bridgehead atoms. The van der Waals surface area contributed by atoms with Crippen LogP contribution in [0.15, 0.2) is 0 Å². The van der Waals surface area contributed by atoms with Gasteiger partial charge in [0.05, 0.1) is 13.0 Å². The lowest BCUT2D eigenvalue weighted by Gasteiger charge is -2.23. The fraction of sp³-hybridized carbons (Fsp3) is 0.889. The number of nitrogens with zero attached hydrogens (tertiary/aromatic N) is 1. The molecule has 2 unspecified atom stereocenters. The number of carbonyl (C=O) groups is 1. The van der Waals surface area contributed by atoms with Crippen LogP contribution >= 0.6 is 0 Å². The Balaban J connectivity index is 2.51. The van der Waals surface area contributed by atoms with Crippen LogP contribution in [0.25, 0.3) is 0 Å². The Kier molecular flexibility index (Phi) is 3.09. The molecule has 0 aromatic rings. The van der Waals surface area contributed by atoms with Crippen LogP contribution in [0, 0.1) is 5.92 Å². The lowest BCUT2D eigenvalue weighted by atomic mass is 10.0. The monoisotopic (exact) mass is 171 g/mol. The largest absolute Gasteiger partial charge is 0.469 e. The minimum absolute atomic E-state index is 0.0162. The van der Waals surface area contributed by atoms with Gasteiger partial charge in [0.1, 0.15) is 0 Å². The van der Waals surface area contributed by atoms with E-state index in [-0.39, 0.29) is 11.9 Å². The van der Waals surface area contributed by atoms with Crippen molar-refractivity contribution in [2.24, 2.45) is 5.92 Å². The molecule has 1 rings (SSSR count). The number of likely N-dealkylation sites (tertiary alicyclic amines) is 1. The Morgan fingerprint density at radius 2 is 2.33 bits per heavy atom. The first-order valence-electron chi connectivity index (χ1n) is 4.45. The molecule has 12 heavy (non-hydrogen) atoms. The van der Waals surface area contributed by atoms with Gasteiger partial charge in [-0.05, 0) is 26.4 Å². The normalized spacial score (nSPS) is 27.1. The molecule has 1 saturated heterocycles. The SMILES string of the molecule is COC(=O)C(C)C1CCCN1C. The van der Waals surface area contributed by atoms with Crippen molar-refractivity contribution >= 4 is 5.97 Å². The maximum atomic E-state index is 11.2. The van der Waals surface area contributed by atoms with E-state index in [1.54, 1.807) is 0 Å². The summed E-state index contributed by atoms with van der Waals surface area (Å²) < 4.78 is 4.71. The van der Waals surface area contributed by atoms with Gasteiger partial charge in [-0.1, -0.05) is 6.92 Å². The predicted octanol–water partition coefficient (Wildman–Crippen LogP) is 0.890. The fourth-order valence-electron chi connectivity index (χ4n) is 1.91. The van der Waals surface area contributed by atoms with Gasteiger partial charge in [0.2, 0.25) is 0 Å². The van der Waals surface area contributed by atoms with E-state index < -0.39 is 0 Å². The van der Waals surface area contributed by atoms with Crippen molar-refractivity contribution in [3.05, 3.63) is 0 Å². The number of hydrogen-bond donors (Lipinski definition) is 0. The molecule has 0 aliphatic carbocycles. The van der Waals surface area contributed by atoms with Crippen LogP contribution in [0.4, 0.5) is 0 Å². The molecule has 3 heteroatoms. The van der Waals surface area contributed by atoms with Crippen molar-refractivity contribution in [3.8, 4) is 0 Å². The van der Waals surface area contributed by atoms with E-state index in [9.17, 15) is 4.79 Å². The molecule has 2 atom stereocenters. The summed E-state index contributed by atoms with van der Waals surface area (Å²) in [6.07, 6.45) is 2.31. The second kappa shape index (κ2) is 3.90. The van der Waals surface area contributed by atoms with Crippen LogP contribution in [0.2, 0.25) is 0 Å². The molecule has 0 aromatic heterocycles. The molecule has 1 fully saturated rings. The first-order valence-corrected chi connectivity index (χ1v) is 4.45. The number of rotatable bonds is 2. The minimum atomic E-state index is -0.0891. The van der Waals surface area contributed by atoms with E-state index in [0.29, 0.717) is 6.04 Å². The third kappa shape index (κ3) is 1.78. The van der Waals surface area contributed by atoms with Gasteiger partial charge in [0, 0.05) is 6.04 Å². The predicted molar refractivity (Wildman–Crippen MR) is 46.8 cm³/mol. The third-order valence-corrected chi connectivity index (χ3v) is 2.73. The van der Waals surface area contributed by atoms with Gasteiger partial charge in [-0.15, -0.1) is 0 Å². The molecule has 3 nitrogen and oxygen atoms in total. The second-order valence-corrected chi connectivity index (χ2v) is 3.50. The maximum Gasteiger partial charge on any atom is 0.309 e. The summed E-state index contributed by atoms with van der Waals surface area (Å²) in [4.78, 5) is 13.4. The number of ether oxygens (including phenoxy) is 1. The number of carbonyl (C=O) groups excluding carboxylic acids is 1. The summed E-state index contributed by atoms with van der Waals surface area (Å²) in [5, 5.41) is 0. The van der Waals surface area contributed by atoms with Crippen molar-refractivity contribution in [1.82, 2.24) is 4.90 Å². The smallest absolute Gasteiger partial charge is 0.309 e. The van der Waals surface area contributed by atoms with E-state index in [1.807, 2.05) is 6.92 Å². The first kappa shape index (κ1) is 9.52. The molecule has 0 saturated carbocycles. The lowest BCUT2D eigenvalue weighted by molar-refractivity contribution is -0.146. The average Bonchev–Trinajstić information content (AvgIpc) is 2.48. The molecule has 0 N–H and O–H groups in total. The quantitative estimate of drug-likeness (QED) is 0.578. The standard InChI is InChI=1S/C9H17NO2/c1-7(9(11)12-3)8-5-4-6-10(8)2/h7-8H,4-6H2,1-3H3. The lowest BCUT2D eigenvalue weighted by Crippen LogP contribution is -2.35. The Morgan fingerprint density at radius 3 is 2.75 bits per heavy atom. The van der Waals surface area contributed by atoms with Gasteiger partial charge >= 0.3 is 5.97 Å². The third-order valence-electron chi connectivity index (χ3n) is 2.73. The molecule has 0 aromatic carbocycles. The van der Waals surface area contributed by atoms with Gasteiger partial charge in [0.15, 0.2) is 0 Å². The Bertz CT molecular complexity index is 170. The molecule has 1 heterocycles. The van der Waals surface area contributed by atoms with Crippen molar-refractivity contribution in [1.29, 1.82) is 0 Å². The Morgan fingerprint density at radius 1 is 1.67 bits per heavy atom.